The minimum atomic E-state index is -0.389. The molecule has 0 aliphatic carbocycles. The number of hydrogen-bond donors (Lipinski definition) is 3. The topological polar surface area (TPSA) is 110 Å². The van der Waals surface area contributed by atoms with Crippen LogP contribution in [-0.4, -0.2) is 30.9 Å². The monoisotopic (exact) mass is 435 g/mol. The van der Waals surface area contributed by atoms with Crippen LogP contribution in [0.15, 0.2) is 71.3 Å². The molecular formula is C24H25N3O5. The molecule has 0 saturated heterocycles. The van der Waals surface area contributed by atoms with E-state index in [2.05, 4.69) is 16.0 Å². The molecule has 8 heteroatoms. The molecule has 0 saturated carbocycles. The van der Waals surface area contributed by atoms with Gasteiger partial charge in [0.1, 0.15) is 5.76 Å². The normalized spacial score (nSPS) is 10.3. The Balaban J connectivity index is 1.47. The van der Waals surface area contributed by atoms with Gasteiger partial charge in [-0.25, -0.2) is 4.79 Å². The van der Waals surface area contributed by atoms with Crippen molar-refractivity contribution >= 4 is 29.2 Å². The average Bonchev–Trinajstić information content (AvgIpc) is 3.34. The van der Waals surface area contributed by atoms with Gasteiger partial charge in [-0.1, -0.05) is 13.0 Å². The number of carbonyl (C=O) groups excluding carboxylic acids is 3. The quantitative estimate of drug-likeness (QED) is 0.418. The molecule has 3 N–H and O–H groups in total. The molecule has 0 aliphatic heterocycles. The Labute approximate surface area is 186 Å². The summed E-state index contributed by atoms with van der Waals surface area (Å²) in [6.07, 6.45) is 2.30. The summed E-state index contributed by atoms with van der Waals surface area (Å²) in [6, 6.07) is 16.9. The van der Waals surface area contributed by atoms with Crippen molar-refractivity contribution in [2.75, 3.05) is 23.8 Å². The molecular weight excluding hydrogens is 410 g/mol. The first kappa shape index (κ1) is 22.6. The Morgan fingerprint density at radius 2 is 1.75 bits per heavy atom. The van der Waals surface area contributed by atoms with Crippen molar-refractivity contribution in [3.63, 3.8) is 0 Å². The first-order valence-electron chi connectivity index (χ1n) is 10.3. The fourth-order valence-electron chi connectivity index (χ4n) is 2.81. The zero-order chi connectivity index (χ0) is 22.8. The maximum atomic E-state index is 12.3. The van der Waals surface area contributed by atoms with Gasteiger partial charge in [-0.2, -0.15) is 0 Å². The average molecular weight is 435 g/mol. The predicted molar refractivity (Wildman–Crippen MR) is 120 cm³/mol. The summed E-state index contributed by atoms with van der Waals surface area (Å²) in [5, 5.41) is 8.53. The van der Waals surface area contributed by atoms with Gasteiger partial charge in [0.15, 0.2) is 0 Å². The van der Waals surface area contributed by atoms with E-state index in [-0.39, 0.29) is 24.3 Å². The predicted octanol–water partition coefficient (Wildman–Crippen LogP) is 3.83. The highest BCUT2D eigenvalue weighted by Crippen LogP contribution is 2.13. The molecule has 8 nitrogen and oxygen atoms in total. The van der Waals surface area contributed by atoms with Crippen molar-refractivity contribution in [2.24, 2.45) is 0 Å². The van der Waals surface area contributed by atoms with Gasteiger partial charge in [-0.05, 0) is 61.0 Å². The zero-order valence-corrected chi connectivity index (χ0v) is 17.7. The largest absolute Gasteiger partial charge is 0.467 e. The van der Waals surface area contributed by atoms with E-state index in [1.165, 1.54) is 0 Å². The van der Waals surface area contributed by atoms with Crippen LogP contribution in [0.25, 0.3) is 0 Å². The molecule has 0 unspecified atom stereocenters. The molecule has 0 bridgehead atoms. The SMILES string of the molecule is CCCOC(=O)c1ccc(NC(=O)CNc2cccc(C(=O)NCc3ccco3)c2)cc1. The fourth-order valence-corrected chi connectivity index (χ4v) is 2.81. The summed E-state index contributed by atoms with van der Waals surface area (Å²) in [4.78, 5) is 36.4. The number of hydrogen-bond acceptors (Lipinski definition) is 6. The first-order valence-corrected chi connectivity index (χ1v) is 10.3. The standard InChI is InChI=1S/C24H25N3O5/c1-2-12-32-24(30)17-8-10-19(11-9-17)27-22(28)16-25-20-6-3-5-18(14-20)23(29)26-15-21-7-4-13-31-21/h3-11,13-14,25H,2,12,15-16H2,1H3,(H,26,29)(H,27,28). The van der Waals surface area contributed by atoms with E-state index in [4.69, 9.17) is 9.15 Å². The number of nitrogens with one attached hydrogen (secondary N) is 3. The molecule has 0 radical (unpaired) electrons. The van der Waals surface area contributed by atoms with Gasteiger partial charge >= 0.3 is 5.97 Å². The van der Waals surface area contributed by atoms with Crippen molar-refractivity contribution in [1.29, 1.82) is 0 Å². The summed E-state index contributed by atoms with van der Waals surface area (Å²) in [5.41, 5.74) is 2.10. The molecule has 1 heterocycles. The summed E-state index contributed by atoms with van der Waals surface area (Å²) in [6.45, 7) is 2.60. The first-order chi connectivity index (χ1) is 15.5. The van der Waals surface area contributed by atoms with Crippen molar-refractivity contribution in [3.8, 4) is 0 Å². The van der Waals surface area contributed by atoms with Gasteiger partial charge in [-0.3, -0.25) is 9.59 Å². The molecule has 166 valence electrons. The van der Waals surface area contributed by atoms with Gasteiger partial charge in [0.05, 0.1) is 31.5 Å². The van der Waals surface area contributed by atoms with Crippen LogP contribution in [-0.2, 0) is 16.1 Å². The Kier molecular flexibility index (Phi) is 8.02. The fraction of sp³-hybridized carbons (Fsp3) is 0.208. The molecule has 0 aliphatic rings. The molecule has 2 amide bonds. The number of furan rings is 1. The van der Waals surface area contributed by atoms with Gasteiger partial charge in [0.25, 0.3) is 5.91 Å². The third kappa shape index (κ3) is 6.73. The number of esters is 1. The molecule has 0 fully saturated rings. The Morgan fingerprint density at radius 1 is 0.938 bits per heavy atom. The number of anilines is 2. The van der Waals surface area contributed by atoms with Crippen LogP contribution in [0.5, 0.6) is 0 Å². The van der Waals surface area contributed by atoms with Crippen molar-refractivity contribution in [2.45, 2.75) is 19.9 Å². The third-order valence-corrected chi connectivity index (χ3v) is 4.42. The van der Waals surface area contributed by atoms with Crippen molar-refractivity contribution in [3.05, 3.63) is 83.8 Å². The van der Waals surface area contributed by atoms with E-state index >= 15 is 0 Å². The van der Waals surface area contributed by atoms with E-state index in [0.29, 0.717) is 41.4 Å². The van der Waals surface area contributed by atoms with Crippen LogP contribution < -0.4 is 16.0 Å². The molecule has 0 spiro atoms. The minimum absolute atomic E-state index is 0.0117. The van der Waals surface area contributed by atoms with Gasteiger partial charge < -0.3 is 25.1 Å². The Morgan fingerprint density at radius 3 is 2.47 bits per heavy atom. The third-order valence-electron chi connectivity index (χ3n) is 4.42. The van der Waals surface area contributed by atoms with Crippen LogP contribution in [0.3, 0.4) is 0 Å². The number of ether oxygens (including phenoxy) is 1. The second-order valence-corrected chi connectivity index (χ2v) is 6.96. The van der Waals surface area contributed by atoms with E-state index in [1.807, 2.05) is 6.92 Å². The summed E-state index contributed by atoms with van der Waals surface area (Å²) < 4.78 is 10.3. The van der Waals surface area contributed by atoms with E-state index < -0.39 is 0 Å². The minimum Gasteiger partial charge on any atom is -0.467 e. The lowest BCUT2D eigenvalue weighted by Crippen LogP contribution is -2.23. The van der Waals surface area contributed by atoms with E-state index in [1.54, 1.807) is 66.9 Å². The number of benzene rings is 2. The number of rotatable bonds is 10. The highest BCUT2D eigenvalue weighted by molar-refractivity contribution is 5.96. The molecule has 1 aromatic heterocycles. The van der Waals surface area contributed by atoms with Gasteiger partial charge in [0, 0.05) is 16.9 Å². The summed E-state index contributed by atoms with van der Waals surface area (Å²) in [5.74, 6) is -0.235. The second kappa shape index (κ2) is 11.4. The molecule has 3 rings (SSSR count). The molecule has 32 heavy (non-hydrogen) atoms. The molecule has 0 atom stereocenters. The van der Waals surface area contributed by atoms with Gasteiger partial charge in [-0.15, -0.1) is 0 Å². The lowest BCUT2D eigenvalue weighted by Gasteiger charge is -2.10. The zero-order valence-electron chi connectivity index (χ0n) is 17.7. The highest BCUT2D eigenvalue weighted by atomic mass is 16.5. The Hall–Kier alpha value is -4.07. The lowest BCUT2D eigenvalue weighted by atomic mass is 10.2. The summed E-state index contributed by atoms with van der Waals surface area (Å²) in [7, 11) is 0. The van der Waals surface area contributed by atoms with Gasteiger partial charge in [0.2, 0.25) is 5.91 Å². The second-order valence-electron chi connectivity index (χ2n) is 6.96. The van der Waals surface area contributed by atoms with E-state index in [0.717, 1.165) is 6.42 Å². The molecule has 3 aromatic rings. The number of amides is 2. The number of carbonyl (C=O) groups is 3. The molecule has 2 aromatic carbocycles. The lowest BCUT2D eigenvalue weighted by molar-refractivity contribution is -0.114. The van der Waals surface area contributed by atoms with E-state index in [9.17, 15) is 14.4 Å². The van der Waals surface area contributed by atoms with Crippen LogP contribution in [0.2, 0.25) is 0 Å². The Bertz CT molecular complexity index is 1050. The van der Waals surface area contributed by atoms with Crippen LogP contribution in [0.1, 0.15) is 39.8 Å². The van der Waals surface area contributed by atoms with Crippen LogP contribution in [0.4, 0.5) is 11.4 Å². The summed E-state index contributed by atoms with van der Waals surface area (Å²) >= 11 is 0. The van der Waals surface area contributed by atoms with Crippen LogP contribution >= 0.6 is 0 Å². The smallest absolute Gasteiger partial charge is 0.338 e. The van der Waals surface area contributed by atoms with Crippen molar-refractivity contribution in [1.82, 2.24) is 5.32 Å². The van der Waals surface area contributed by atoms with Crippen molar-refractivity contribution < 1.29 is 23.5 Å². The maximum absolute atomic E-state index is 12.3. The highest BCUT2D eigenvalue weighted by Gasteiger charge is 2.09. The maximum Gasteiger partial charge on any atom is 0.338 e. The van der Waals surface area contributed by atoms with Crippen LogP contribution in [0, 0.1) is 0 Å².